The first kappa shape index (κ1) is 13.2. The molecule has 0 spiro atoms. The van der Waals surface area contributed by atoms with E-state index in [1.807, 2.05) is 7.05 Å². The average molecular weight is 380 g/mol. The third-order valence-electron chi connectivity index (χ3n) is 2.45. The Morgan fingerprint density at radius 2 is 2.29 bits per heavy atom. The molecule has 0 amide bonds. The van der Waals surface area contributed by atoms with Gasteiger partial charge in [-0.15, -0.1) is 16.4 Å². The van der Waals surface area contributed by atoms with Crippen LogP contribution in [-0.4, -0.2) is 21.5 Å². The Bertz CT molecular complexity index is 508. The number of aromatic nitrogens is 3. The molecule has 1 atom stereocenters. The lowest BCUT2D eigenvalue weighted by Crippen LogP contribution is -2.24. The maximum atomic E-state index is 3.98. The average Bonchev–Trinajstić information content (AvgIpc) is 2.82. The van der Waals surface area contributed by atoms with Crippen LogP contribution >= 0.6 is 43.2 Å². The minimum atomic E-state index is 0.108. The summed E-state index contributed by atoms with van der Waals surface area (Å²) in [6.45, 7) is 2.97. The lowest BCUT2D eigenvalue weighted by atomic mass is 10.1. The smallest absolute Gasteiger partial charge is 0.0799 e. The van der Waals surface area contributed by atoms with Crippen LogP contribution in [0.5, 0.6) is 0 Å². The summed E-state index contributed by atoms with van der Waals surface area (Å²) in [7, 11) is 1.90. The molecule has 0 aromatic carbocycles. The molecule has 2 rings (SSSR count). The van der Waals surface area contributed by atoms with Crippen molar-refractivity contribution < 1.29 is 0 Å². The topological polar surface area (TPSA) is 42.7 Å². The minimum Gasteiger partial charge on any atom is -0.305 e. The number of hydrogen-bond acceptors (Lipinski definition) is 4. The number of nitrogens with zero attached hydrogens (tertiary/aromatic N) is 3. The Morgan fingerprint density at radius 3 is 2.76 bits per heavy atom. The molecule has 2 heterocycles. The van der Waals surface area contributed by atoms with Gasteiger partial charge in [-0.1, -0.05) is 12.1 Å². The zero-order valence-corrected chi connectivity index (χ0v) is 13.4. The fourth-order valence-electron chi connectivity index (χ4n) is 1.69. The second-order valence-corrected chi connectivity index (χ2v) is 7.30. The predicted octanol–water partition coefficient (Wildman–Crippen LogP) is 3.10. The summed E-state index contributed by atoms with van der Waals surface area (Å²) in [5.74, 6) is 0. The highest BCUT2D eigenvalue weighted by atomic mass is 79.9. The molecule has 2 aromatic heterocycles. The molecule has 0 aliphatic carbocycles. The van der Waals surface area contributed by atoms with Crippen LogP contribution < -0.4 is 5.32 Å². The molecular weight excluding hydrogens is 368 g/mol. The quantitative estimate of drug-likeness (QED) is 0.887. The van der Waals surface area contributed by atoms with Crippen LogP contribution in [0, 0.1) is 0 Å². The highest BCUT2D eigenvalue weighted by Crippen LogP contribution is 2.37. The molecule has 0 bridgehead atoms. The summed E-state index contributed by atoms with van der Waals surface area (Å²) in [5.41, 5.74) is 2.26. The number of nitrogens with one attached hydrogen (secondary N) is 1. The third-order valence-corrected chi connectivity index (χ3v) is 4.83. The predicted molar refractivity (Wildman–Crippen MR) is 76.2 cm³/mol. The van der Waals surface area contributed by atoms with E-state index in [0.29, 0.717) is 0 Å². The molecule has 7 heteroatoms. The number of aryl methyl sites for hydroxylation is 1. The molecule has 0 radical (unpaired) electrons. The molecule has 1 unspecified atom stereocenters. The van der Waals surface area contributed by atoms with Crippen molar-refractivity contribution in [2.75, 3.05) is 6.54 Å². The number of hydrogen-bond donors (Lipinski definition) is 1. The monoisotopic (exact) mass is 378 g/mol. The van der Waals surface area contributed by atoms with E-state index >= 15 is 0 Å². The zero-order valence-electron chi connectivity index (χ0n) is 9.44. The van der Waals surface area contributed by atoms with Gasteiger partial charge in [0.2, 0.25) is 0 Å². The van der Waals surface area contributed by atoms with Gasteiger partial charge >= 0.3 is 0 Å². The molecule has 17 heavy (non-hydrogen) atoms. The Balaban J connectivity index is 2.42. The number of thiophene rings is 1. The van der Waals surface area contributed by atoms with E-state index < -0.39 is 0 Å². The van der Waals surface area contributed by atoms with Crippen LogP contribution in [0.4, 0.5) is 0 Å². The van der Waals surface area contributed by atoms with Crippen molar-refractivity contribution >= 4 is 43.2 Å². The van der Waals surface area contributed by atoms with Crippen molar-refractivity contribution in [3.05, 3.63) is 31.1 Å². The van der Waals surface area contributed by atoms with Gasteiger partial charge in [-0.05, 0) is 44.5 Å². The SMILES string of the molecule is CCNC(c1cc(Br)sc1Br)c1cnnn1C. The molecule has 1 N–H and O–H groups in total. The molecule has 0 fully saturated rings. The van der Waals surface area contributed by atoms with Crippen molar-refractivity contribution in [1.29, 1.82) is 0 Å². The first-order valence-electron chi connectivity index (χ1n) is 5.16. The second kappa shape index (κ2) is 5.60. The van der Waals surface area contributed by atoms with E-state index in [4.69, 9.17) is 0 Å². The van der Waals surface area contributed by atoms with Gasteiger partial charge in [-0.3, -0.25) is 4.68 Å². The molecule has 4 nitrogen and oxygen atoms in total. The first-order valence-corrected chi connectivity index (χ1v) is 7.56. The van der Waals surface area contributed by atoms with E-state index in [0.717, 1.165) is 19.8 Å². The molecule has 92 valence electrons. The zero-order chi connectivity index (χ0) is 12.4. The van der Waals surface area contributed by atoms with Crippen molar-refractivity contribution in [2.24, 2.45) is 7.05 Å². The summed E-state index contributed by atoms with van der Waals surface area (Å²) in [6, 6.07) is 2.23. The summed E-state index contributed by atoms with van der Waals surface area (Å²) in [4.78, 5) is 0. The Hall–Kier alpha value is -0.240. The van der Waals surface area contributed by atoms with E-state index in [-0.39, 0.29) is 6.04 Å². The van der Waals surface area contributed by atoms with Crippen molar-refractivity contribution in [1.82, 2.24) is 20.3 Å². The minimum absolute atomic E-state index is 0.108. The van der Waals surface area contributed by atoms with Gasteiger partial charge in [0, 0.05) is 12.6 Å². The van der Waals surface area contributed by atoms with Crippen LogP contribution in [0.15, 0.2) is 19.8 Å². The Kier molecular flexibility index (Phi) is 4.35. The standard InChI is InChI=1S/C10H12Br2N4S/c1-3-13-9(7-5-14-15-16(7)2)6-4-8(11)17-10(6)12/h4-5,9,13H,3H2,1-2H3. The van der Waals surface area contributed by atoms with Gasteiger partial charge < -0.3 is 5.32 Å². The highest BCUT2D eigenvalue weighted by Gasteiger charge is 2.21. The third kappa shape index (κ3) is 2.78. The number of halogens is 2. The van der Waals surface area contributed by atoms with Crippen LogP contribution in [0.2, 0.25) is 0 Å². The molecule has 0 saturated heterocycles. The van der Waals surface area contributed by atoms with Gasteiger partial charge in [0.25, 0.3) is 0 Å². The highest BCUT2D eigenvalue weighted by molar-refractivity contribution is 9.12. The van der Waals surface area contributed by atoms with E-state index in [1.54, 1.807) is 22.2 Å². The van der Waals surface area contributed by atoms with Gasteiger partial charge in [0.05, 0.1) is 25.5 Å². The maximum Gasteiger partial charge on any atom is 0.0799 e. The van der Waals surface area contributed by atoms with Gasteiger partial charge in [0.15, 0.2) is 0 Å². The van der Waals surface area contributed by atoms with Crippen LogP contribution in [0.3, 0.4) is 0 Å². The van der Waals surface area contributed by atoms with Crippen LogP contribution in [0.1, 0.15) is 24.2 Å². The molecule has 2 aromatic rings. The molecule has 0 saturated carbocycles. The fourth-order valence-corrected chi connectivity index (χ4v) is 4.59. The number of rotatable bonds is 4. The Labute approximate surface area is 121 Å². The van der Waals surface area contributed by atoms with Crippen molar-refractivity contribution in [3.63, 3.8) is 0 Å². The normalized spacial score (nSPS) is 12.9. The van der Waals surface area contributed by atoms with E-state index in [2.05, 4.69) is 60.5 Å². The van der Waals surface area contributed by atoms with Gasteiger partial charge in [-0.2, -0.15) is 0 Å². The van der Waals surface area contributed by atoms with E-state index in [1.165, 1.54) is 5.56 Å². The molecular formula is C10H12Br2N4S. The molecule has 0 aliphatic heterocycles. The summed E-state index contributed by atoms with van der Waals surface area (Å²) >= 11 is 8.77. The molecule has 0 aliphatic rings. The second-order valence-electron chi connectivity index (χ2n) is 3.55. The van der Waals surface area contributed by atoms with Crippen molar-refractivity contribution in [3.8, 4) is 0 Å². The Morgan fingerprint density at radius 1 is 1.53 bits per heavy atom. The fraction of sp³-hybridized carbons (Fsp3) is 0.400. The van der Waals surface area contributed by atoms with Gasteiger partial charge in [0.1, 0.15) is 0 Å². The van der Waals surface area contributed by atoms with Crippen molar-refractivity contribution in [2.45, 2.75) is 13.0 Å². The lowest BCUT2D eigenvalue weighted by molar-refractivity contribution is 0.568. The maximum absolute atomic E-state index is 3.98. The summed E-state index contributed by atoms with van der Waals surface area (Å²) in [5, 5.41) is 11.4. The van der Waals surface area contributed by atoms with Crippen LogP contribution in [-0.2, 0) is 7.05 Å². The van der Waals surface area contributed by atoms with Crippen LogP contribution in [0.25, 0.3) is 0 Å². The van der Waals surface area contributed by atoms with Gasteiger partial charge in [-0.25, -0.2) is 0 Å². The summed E-state index contributed by atoms with van der Waals surface area (Å²) < 4.78 is 4.03. The van der Waals surface area contributed by atoms with E-state index in [9.17, 15) is 0 Å². The largest absolute Gasteiger partial charge is 0.305 e. The summed E-state index contributed by atoms with van der Waals surface area (Å²) in [6.07, 6.45) is 1.80. The first-order chi connectivity index (χ1) is 8.13. The lowest BCUT2D eigenvalue weighted by Gasteiger charge is -2.17.